The summed E-state index contributed by atoms with van der Waals surface area (Å²) in [7, 11) is 0. The van der Waals surface area contributed by atoms with Crippen LogP contribution in [-0.4, -0.2) is 12.6 Å². The first-order valence-corrected chi connectivity index (χ1v) is 7.05. The number of nitrogens with two attached hydrogens (primary N) is 1. The Morgan fingerprint density at radius 3 is 2.63 bits per heavy atom. The zero-order valence-corrected chi connectivity index (χ0v) is 12.7. The first-order chi connectivity index (χ1) is 8.93. The normalized spacial score (nSPS) is 13.9. The van der Waals surface area contributed by atoms with Gasteiger partial charge in [-0.25, -0.2) is 0 Å². The van der Waals surface area contributed by atoms with Gasteiger partial charge in [-0.1, -0.05) is 36.2 Å². The van der Waals surface area contributed by atoms with Crippen molar-refractivity contribution < 1.29 is 9.53 Å². The highest BCUT2D eigenvalue weighted by Gasteiger charge is 2.15. The summed E-state index contributed by atoms with van der Waals surface area (Å²) >= 11 is 11.8. The minimum absolute atomic E-state index is 0.156. The molecule has 19 heavy (non-hydrogen) atoms. The highest BCUT2D eigenvalue weighted by Crippen LogP contribution is 2.27. The molecule has 1 aromatic rings. The number of esters is 1. The second-order valence-electron chi connectivity index (χ2n) is 4.63. The molecule has 3 nitrogen and oxygen atoms in total. The van der Waals surface area contributed by atoms with Crippen LogP contribution >= 0.6 is 23.2 Å². The Bertz CT molecular complexity index is 437. The topological polar surface area (TPSA) is 52.3 Å². The average molecular weight is 304 g/mol. The second kappa shape index (κ2) is 7.73. The van der Waals surface area contributed by atoms with Crippen molar-refractivity contribution in [3.8, 4) is 0 Å². The maximum atomic E-state index is 11.4. The molecule has 1 aromatic carbocycles. The molecule has 0 spiro atoms. The van der Waals surface area contributed by atoms with E-state index < -0.39 is 0 Å². The van der Waals surface area contributed by atoms with Crippen molar-refractivity contribution >= 4 is 29.2 Å². The van der Waals surface area contributed by atoms with Gasteiger partial charge in [0, 0.05) is 12.5 Å². The van der Waals surface area contributed by atoms with E-state index >= 15 is 0 Å². The Kier molecular flexibility index (Phi) is 6.63. The van der Waals surface area contributed by atoms with Crippen LogP contribution in [0, 0.1) is 5.92 Å². The molecule has 0 aliphatic carbocycles. The Morgan fingerprint density at radius 2 is 2.05 bits per heavy atom. The van der Waals surface area contributed by atoms with Gasteiger partial charge in [-0.15, -0.1) is 0 Å². The molecule has 0 aliphatic heterocycles. The fourth-order valence-electron chi connectivity index (χ4n) is 1.90. The molecule has 0 heterocycles. The van der Waals surface area contributed by atoms with Gasteiger partial charge >= 0.3 is 5.97 Å². The minimum atomic E-state index is -0.184. The van der Waals surface area contributed by atoms with E-state index in [0.29, 0.717) is 29.5 Å². The summed E-state index contributed by atoms with van der Waals surface area (Å²) in [5.74, 6) is -0.0279. The number of hydrogen-bond donors (Lipinski definition) is 1. The van der Waals surface area contributed by atoms with Crippen molar-refractivity contribution in [2.24, 2.45) is 11.7 Å². The fourth-order valence-corrected chi connectivity index (χ4v) is 2.21. The third-order valence-electron chi connectivity index (χ3n) is 2.85. The predicted octanol–water partition coefficient (Wildman–Crippen LogP) is 3.97. The standard InChI is InChI=1S/C14H19Cl2NO2/c1-3-19-14(18)7-9(2)6-13(17)10-4-5-11(15)12(16)8-10/h4-5,8-9,13H,3,6-7,17H2,1-2H3. The van der Waals surface area contributed by atoms with Gasteiger partial charge in [0.05, 0.1) is 16.7 Å². The van der Waals surface area contributed by atoms with E-state index in [2.05, 4.69) is 0 Å². The number of carbonyl (C=O) groups is 1. The van der Waals surface area contributed by atoms with Crippen molar-refractivity contribution in [2.75, 3.05) is 6.61 Å². The van der Waals surface area contributed by atoms with Crippen LogP contribution in [0.4, 0.5) is 0 Å². The zero-order chi connectivity index (χ0) is 14.4. The number of halogens is 2. The van der Waals surface area contributed by atoms with E-state index in [1.165, 1.54) is 0 Å². The summed E-state index contributed by atoms with van der Waals surface area (Å²) in [5, 5.41) is 1.00. The molecular weight excluding hydrogens is 285 g/mol. The number of ether oxygens (including phenoxy) is 1. The summed E-state index contributed by atoms with van der Waals surface area (Å²) in [4.78, 5) is 11.4. The molecule has 0 bridgehead atoms. The lowest BCUT2D eigenvalue weighted by Gasteiger charge is -2.17. The van der Waals surface area contributed by atoms with Crippen LogP contribution in [-0.2, 0) is 9.53 Å². The second-order valence-corrected chi connectivity index (χ2v) is 5.44. The summed E-state index contributed by atoms with van der Waals surface area (Å²) in [6.07, 6.45) is 1.07. The monoisotopic (exact) mass is 303 g/mol. The smallest absolute Gasteiger partial charge is 0.306 e. The molecule has 2 atom stereocenters. The Labute approximate surface area is 124 Å². The van der Waals surface area contributed by atoms with Gasteiger partial charge in [-0.05, 0) is 37.0 Å². The average Bonchev–Trinajstić information content (AvgIpc) is 2.32. The van der Waals surface area contributed by atoms with Gasteiger partial charge in [0.15, 0.2) is 0 Å². The maximum absolute atomic E-state index is 11.4. The fraction of sp³-hybridized carbons (Fsp3) is 0.500. The number of rotatable bonds is 6. The van der Waals surface area contributed by atoms with Crippen molar-refractivity contribution in [1.29, 1.82) is 0 Å². The van der Waals surface area contributed by atoms with Gasteiger partial charge in [-0.2, -0.15) is 0 Å². The molecule has 0 aromatic heterocycles. The summed E-state index contributed by atoms with van der Waals surface area (Å²) in [6.45, 7) is 4.18. The minimum Gasteiger partial charge on any atom is -0.466 e. The zero-order valence-electron chi connectivity index (χ0n) is 11.2. The lowest BCUT2D eigenvalue weighted by Crippen LogP contribution is -2.17. The van der Waals surface area contributed by atoms with Crippen LogP contribution in [0.1, 0.15) is 38.3 Å². The van der Waals surface area contributed by atoms with Gasteiger partial charge in [-0.3, -0.25) is 4.79 Å². The van der Waals surface area contributed by atoms with Gasteiger partial charge in [0.2, 0.25) is 0 Å². The van der Waals surface area contributed by atoms with Crippen LogP contribution in [0.3, 0.4) is 0 Å². The van der Waals surface area contributed by atoms with Crippen LogP contribution in [0.5, 0.6) is 0 Å². The highest BCUT2D eigenvalue weighted by molar-refractivity contribution is 6.42. The Hall–Kier alpha value is -0.770. The number of carbonyl (C=O) groups excluding carboxylic acids is 1. The van der Waals surface area contributed by atoms with E-state index in [1.54, 1.807) is 19.1 Å². The van der Waals surface area contributed by atoms with E-state index in [9.17, 15) is 4.79 Å². The number of hydrogen-bond acceptors (Lipinski definition) is 3. The van der Waals surface area contributed by atoms with E-state index in [-0.39, 0.29) is 17.9 Å². The molecular formula is C14H19Cl2NO2. The molecule has 0 saturated heterocycles. The molecule has 0 saturated carbocycles. The Balaban J connectivity index is 2.56. The van der Waals surface area contributed by atoms with Gasteiger partial charge < -0.3 is 10.5 Å². The number of benzene rings is 1. The van der Waals surface area contributed by atoms with E-state index in [0.717, 1.165) is 5.56 Å². The third kappa shape index (κ3) is 5.39. The highest BCUT2D eigenvalue weighted by atomic mass is 35.5. The lowest BCUT2D eigenvalue weighted by atomic mass is 9.94. The molecule has 1 rings (SSSR count). The first kappa shape index (κ1) is 16.3. The van der Waals surface area contributed by atoms with Crippen molar-refractivity contribution in [1.82, 2.24) is 0 Å². The summed E-state index contributed by atoms with van der Waals surface area (Å²) in [5.41, 5.74) is 7.03. The predicted molar refractivity (Wildman–Crippen MR) is 78.4 cm³/mol. The molecule has 0 fully saturated rings. The van der Waals surface area contributed by atoms with Crippen LogP contribution in [0.2, 0.25) is 10.0 Å². The molecule has 5 heteroatoms. The third-order valence-corrected chi connectivity index (χ3v) is 3.59. The summed E-state index contributed by atoms with van der Waals surface area (Å²) < 4.78 is 4.92. The molecule has 0 aliphatic rings. The van der Waals surface area contributed by atoms with Gasteiger partial charge in [0.25, 0.3) is 0 Å². The van der Waals surface area contributed by atoms with Crippen LogP contribution < -0.4 is 5.73 Å². The first-order valence-electron chi connectivity index (χ1n) is 6.30. The van der Waals surface area contributed by atoms with Crippen LogP contribution in [0.25, 0.3) is 0 Å². The van der Waals surface area contributed by atoms with E-state index in [4.69, 9.17) is 33.7 Å². The molecule has 0 amide bonds. The molecule has 2 unspecified atom stereocenters. The molecule has 2 N–H and O–H groups in total. The quantitative estimate of drug-likeness (QED) is 0.809. The van der Waals surface area contributed by atoms with Gasteiger partial charge in [0.1, 0.15) is 0 Å². The van der Waals surface area contributed by atoms with Crippen LogP contribution in [0.15, 0.2) is 18.2 Å². The van der Waals surface area contributed by atoms with Crippen molar-refractivity contribution in [3.63, 3.8) is 0 Å². The SMILES string of the molecule is CCOC(=O)CC(C)CC(N)c1ccc(Cl)c(Cl)c1. The molecule has 0 radical (unpaired) electrons. The van der Waals surface area contributed by atoms with Crippen molar-refractivity contribution in [2.45, 2.75) is 32.7 Å². The van der Waals surface area contributed by atoms with Crippen molar-refractivity contribution in [3.05, 3.63) is 33.8 Å². The Morgan fingerprint density at radius 1 is 1.37 bits per heavy atom. The largest absolute Gasteiger partial charge is 0.466 e. The maximum Gasteiger partial charge on any atom is 0.306 e. The lowest BCUT2D eigenvalue weighted by molar-refractivity contribution is -0.144. The molecule has 106 valence electrons. The summed E-state index contributed by atoms with van der Waals surface area (Å²) in [6, 6.07) is 5.19. The van der Waals surface area contributed by atoms with E-state index in [1.807, 2.05) is 13.0 Å².